The van der Waals surface area contributed by atoms with Crippen LogP contribution in [0.15, 0.2) is 59.9 Å². The quantitative estimate of drug-likeness (QED) is 0.313. The fourth-order valence-electron chi connectivity index (χ4n) is 4.15. The van der Waals surface area contributed by atoms with Crippen molar-refractivity contribution < 1.29 is 22.8 Å². The average molecular weight is 563 g/mol. The van der Waals surface area contributed by atoms with E-state index in [1.807, 2.05) is 4.90 Å². The Bertz CT molecular complexity index is 1270. The number of alkyl halides is 3. The van der Waals surface area contributed by atoms with E-state index >= 15 is 0 Å². The second-order valence-electron chi connectivity index (χ2n) is 9.25. The summed E-state index contributed by atoms with van der Waals surface area (Å²) in [5.41, 5.74) is 6.10. The Balaban J connectivity index is 1.94. The Hall–Kier alpha value is -3.86. The van der Waals surface area contributed by atoms with Crippen LogP contribution in [-0.4, -0.2) is 48.0 Å². The molecule has 2 aromatic carbocycles. The molecule has 0 aromatic heterocycles. The molecule has 0 saturated carbocycles. The number of carbonyl (C=O) groups excluding carboxylic acids is 2. The van der Waals surface area contributed by atoms with Gasteiger partial charge in [-0.3, -0.25) is 4.79 Å². The monoisotopic (exact) mass is 562 g/mol. The van der Waals surface area contributed by atoms with Crippen molar-refractivity contribution in [2.24, 2.45) is 16.6 Å². The number of hydrogen-bond donors (Lipinski definition) is 3. The number of halogens is 4. The first-order valence-corrected chi connectivity index (χ1v) is 12.6. The zero-order chi connectivity index (χ0) is 28.9. The SMILES string of the molecule is C=C(/N=C(/c1ccc(Cl)cc1C)N(C(N)=O)c1ccc(C(F)(F)F)cc1)N1CCC(NC(=O)C(C)C=N)CC1. The lowest BCUT2D eigenvalue weighted by Crippen LogP contribution is -2.46. The van der Waals surface area contributed by atoms with Crippen molar-refractivity contribution in [3.05, 3.63) is 76.6 Å². The van der Waals surface area contributed by atoms with Crippen molar-refractivity contribution >= 4 is 41.3 Å². The second kappa shape index (κ2) is 12.3. The Kier molecular flexibility index (Phi) is 9.39. The van der Waals surface area contributed by atoms with Gasteiger partial charge in [0.15, 0.2) is 5.84 Å². The third-order valence-corrected chi connectivity index (χ3v) is 6.65. The fourth-order valence-corrected chi connectivity index (χ4v) is 4.37. The molecule has 1 saturated heterocycles. The maximum absolute atomic E-state index is 13.1. The summed E-state index contributed by atoms with van der Waals surface area (Å²) < 4.78 is 39.4. The van der Waals surface area contributed by atoms with Gasteiger partial charge >= 0.3 is 12.2 Å². The molecule has 1 heterocycles. The molecule has 2 aromatic rings. The number of rotatable bonds is 7. The Morgan fingerprint density at radius 1 is 1.23 bits per heavy atom. The van der Waals surface area contributed by atoms with Crippen LogP contribution in [0.5, 0.6) is 0 Å². The minimum Gasteiger partial charge on any atom is -0.357 e. The van der Waals surface area contributed by atoms with Gasteiger partial charge in [0.2, 0.25) is 5.91 Å². The Morgan fingerprint density at radius 2 is 1.85 bits per heavy atom. The van der Waals surface area contributed by atoms with Crippen LogP contribution in [0, 0.1) is 18.3 Å². The first-order valence-electron chi connectivity index (χ1n) is 12.2. The van der Waals surface area contributed by atoms with E-state index in [2.05, 4.69) is 16.9 Å². The molecule has 39 heavy (non-hydrogen) atoms. The minimum absolute atomic E-state index is 0.0693. The van der Waals surface area contributed by atoms with Crippen LogP contribution in [0.4, 0.5) is 23.7 Å². The molecule has 1 fully saturated rings. The molecule has 208 valence electrons. The van der Waals surface area contributed by atoms with Crippen LogP contribution < -0.4 is 16.0 Å². The Labute approximate surface area is 229 Å². The summed E-state index contributed by atoms with van der Waals surface area (Å²) in [7, 11) is 0. The van der Waals surface area contributed by atoms with Gasteiger partial charge in [-0.05, 0) is 74.7 Å². The second-order valence-corrected chi connectivity index (χ2v) is 9.69. The van der Waals surface area contributed by atoms with E-state index in [0.29, 0.717) is 47.9 Å². The van der Waals surface area contributed by atoms with Gasteiger partial charge in [-0.15, -0.1) is 0 Å². The van der Waals surface area contributed by atoms with E-state index < -0.39 is 23.7 Å². The third kappa shape index (κ3) is 7.38. The third-order valence-electron chi connectivity index (χ3n) is 6.42. The number of benzene rings is 2. The van der Waals surface area contributed by atoms with Crippen LogP contribution in [0.3, 0.4) is 0 Å². The fraction of sp³-hybridized carbons (Fsp3) is 0.333. The number of urea groups is 1. The summed E-state index contributed by atoms with van der Waals surface area (Å²) in [4.78, 5) is 32.4. The Morgan fingerprint density at radius 3 is 2.36 bits per heavy atom. The molecule has 3 rings (SSSR count). The molecule has 1 atom stereocenters. The average Bonchev–Trinajstić information content (AvgIpc) is 2.87. The number of nitrogens with one attached hydrogen (secondary N) is 2. The van der Waals surface area contributed by atoms with E-state index in [0.717, 1.165) is 35.4 Å². The molecular formula is C27H30ClF3N6O2. The first kappa shape index (κ1) is 29.7. The molecule has 8 nitrogen and oxygen atoms in total. The molecule has 0 spiro atoms. The highest BCUT2D eigenvalue weighted by Crippen LogP contribution is 2.31. The van der Waals surface area contributed by atoms with Crippen LogP contribution >= 0.6 is 11.6 Å². The molecule has 12 heteroatoms. The summed E-state index contributed by atoms with van der Waals surface area (Å²) in [6.07, 6.45) is -2.24. The van der Waals surface area contributed by atoms with Gasteiger partial charge in [0.05, 0.1) is 17.2 Å². The minimum atomic E-state index is -4.54. The van der Waals surface area contributed by atoms with E-state index in [9.17, 15) is 22.8 Å². The lowest BCUT2D eigenvalue weighted by atomic mass is 10.0. The molecule has 4 N–H and O–H groups in total. The molecule has 1 unspecified atom stereocenters. The topological polar surface area (TPSA) is 115 Å². The van der Waals surface area contributed by atoms with E-state index in [-0.39, 0.29) is 23.5 Å². The van der Waals surface area contributed by atoms with Crippen molar-refractivity contribution in [1.29, 1.82) is 5.41 Å². The van der Waals surface area contributed by atoms with Crippen molar-refractivity contribution in [2.75, 3.05) is 18.0 Å². The zero-order valence-corrected chi connectivity index (χ0v) is 22.3. The molecule has 0 bridgehead atoms. The smallest absolute Gasteiger partial charge is 0.357 e. The summed E-state index contributed by atoms with van der Waals surface area (Å²) in [6.45, 7) is 8.49. The summed E-state index contributed by atoms with van der Waals surface area (Å²) in [5, 5.41) is 10.6. The van der Waals surface area contributed by atoms with Crippen molar-refractivity contribution in [1.82, 2.24) is 10.2 Å². The highest BCUT2D eigenvalue weighted by molar-refractivity contribution is 6.31. The number of aryl methyl sites for hydroxylation is 1. The van der Waals surface area contributed by atoms with Gasteiger partial charge in [-0.1, -0.05) is 18.2 Å². The number of hydrogen-bond acceptors (Lipinski definition) is 5. The maximum Gasteiger partial charge on any atom is 0.416 e. The van der Waals surface area contributed by atoms with E-state index in [1.165, 1.54) is 0 Å². The number of amides is 3. The summed E-state index contributed by atoms with van der Waals surface area (Å²) in [5.74, 6) is -0.334. The number of carbonyl (C=O) groups is 2. The molecule has 1 aliphatic heterocycles. The van der Waals surface area contributed by atoms with Gasteiger partial charge < -0.3 is 21.4 Å². The lowest BCUT2D eigenvalue weighted by Gasteiger charge is -2.34. The van der Waals surface area contributed by atoms with Crippen molar-refractivity contribution in [3.63, 3.8) is 0 Å². The number of anilines is 1. The van der Waals surface area contributed by atoms with Gasteiger partial charge in [-0.2, -0.15) is 13.2 Å². The largest absolute Gasteiger partial charge is 0.416 e. The molecule has 3 amide bonds. The van der Waals surface area contributed by atoms with Crippen molar-refractivity contribution in [3.8, 4) is 0 Å². The van der Waals surface area contributed by atoms with Crippen LogP contribution in [0.1, 0.15) is 36.5 Å². The van der Waals surface area contributed by atoms with E-state index in [4.69, 9.17) is 22.7 Å². The first-order chi connectivity index (χ1) is 18.3. The predicted octanol–water partition coefficient (Wildman–Crippen LogP) is 5.34. The predicted molar refractivity (Wildman–Crippen MR) is 146 cm³/mol. The van der Waals surface area contributed by atoms with E-state index in [1.54, 1.807) is 32.0 Å². The number of piperidine rings is 1. The van der Waals surface area contributed by atoms with Crippen LogP contribution in [0.25, 0.3) is 0 Å². The zero-order valence-electron chi connectivity index (χ0n) is 21.6. The molecule has 0 aliphatic carbocycles. The molecular weight excluding hydrogens is 533 g/mol. The summed E-state index contributed by atoms with van der Waals surface area (Å²) >= 11 is 6.13. The van der Waals surface area contributed by atoms with Gasteiger partial charge in [0.1, 0.15) is 5.82 Å². The van der Waals surface area contributed by atoms with Gasteiger partial charge in [0.25, 0.3) is 0 Å². The summed E-state index contributed by atoms with van der Waals surface area (Å²) in [6, 6.07) is 7.95. The number of amidine groups is 1. The van der Waals surface area contributed by atoms with Gasteiger partial charge in [-0.25, -0.2) is 14.7 Å². The standard InChI is InChI=1S/C27H30ClF3N6O2/c1-16-14-20(28)6-9-23(16)24(37(26(33)39)22-7-4-19(5-8-22)27(29,30)31)34-18(3)36-12-10-21(11-13-36)35-25(38)17(2)15-32/h4-9,14-15,17,21,32H,3,10-13H2,1-2H3,(H2,33,39)(H,35,38)/b32-15?,34-24-. The molecule has 0 radical (unpaired) electrons. The van der Waals surface area contributed by atoms with Gasteiger partial charge in [0, 0.05) is 35.9 Å². The number of likely N-dealkylation sites (tertiary alicyclic amines) is 1. The normalized spacial score (nSPS) is 15.4. The number of primary amides is 1. The van der Waals surface area contributed by atoms with Crippen molar-refractivity contribution in [2.45, 2.75) is 38.9 Å². The maximum atomic E-state index is 13.1. The van der Waals surface area contributed by atoms with Crippen LogP contribution in [0.2, 0.25) is 5.02 Å². The number of nitrogens with two attached hydrogens (primary N) is 1. The number of aliphatic imine (C=N–C) groups is 1. The lowest BCUT2D eigenvalue weighted by molar-refractivity contribution is -0.137. The number of nitrogens with zero attached hydrogens (tertiary/aromatic N) is 3. The highest BCUT2D eigenvalue weighted by Gasteiger charge is 2.31. The van der Waals surface area contributed by atoms with Crippen LogP contribution in [-0.2, 0) is 11.0 Å². The highest BCUT2D eigenvalue weighted by atomic mass is 35.5. The molecule has 1 aliphatic rings.